The van der Waals surface area contributed by atoms with Crippen LogP contribution in [0.15, 0.2) is 23.3 Å². The Morgan fingerprint density at radius 1 is 1.02 bits per heavy atom. The highest BCUT2D eigenvalue weighted by Gasteiger charge is 2.68. The van der Waals surface area contributed by atoms with Crippen LogP contribution in [0.1, 0.15) is 140 Å². The van der Waals surface area contributed by atoms with Gasteiger partial charge in [0.05, 0.1) is 12.7 Å². The number of hydrogen-bond donors (Lipinski definition) is 1. The molecule has 1 heterocycles. The molecule has 1 aliphatic heterocycles. The van der Waals surface area contributed by atoms with E-state index in [1.54, 1.807) is 5.57 Å². The van der Waals surface area contributed by atoms with Crippen molar-refractivity contribution >= 4 is 11.8 Å². The highest BCUT2D eigenvalue weighted by atomic mass is 32.2. The van der Waals surface area contributed by atoms with Crippen LogP contribution in [0.25, 0.3) is 0 Å². The van der Waals surface area contributed by atoms with Gasteiger partial charge in [-0.15, -0.1) is 11.8 Å². The zero-order valence-corrected chi connectivity index (χ0v) is 30.6. The molecule has 3 saturated carbocycles. The molecule has 5 aliphatic carbocycles. The number of allylic oxidation sites excluding steroid dienone is 3. The first-order valence-corrected chi connectivity index (χ1v) is 19.5. The summed E-state index contributed by atoms with van der Waals surface area (Å²) in [5.74, 6) is 5.44. The second-order valence-electron chi connectivity index (χ2n) is 18.4. The fourth-order valence-corrected chi connectivity index (χ4v) is 13.9. The first kappa shape index (κ1) is 32.7. The smallest absolute Gasteiger partial charge is 0.0723 e. The Balaban J connectivity index is 1.36. The summed E-state index contributed by atoms with van der Waals surface area (Å²) in [5.41, 5.74) is 11.6. The van der Waals surface area contributed by atoms with Crippen LogP contribution in [0, 0.1) is 57.2 Å². The van der Waals surface area contributed by atoms with Crippen LogP contribution < -0.4 is 5.73 Å². The molecule has 0 aromatic heterocycles. The van der Waals surface area contributed by atoms with E-state index >= 15 is 0 Å². The number of thioether (sulfide) groups is 1. The number of hydrogen-bond acceptors (Lipinski definition) is 3. The maximum atomic E-state index is 6.98. The van der Waals surface area contributed by atoms with Gasteiger partial charge in [0.15, 0.2) is 0 Å². The van der Waals surface area contributed by atoms with Crippen LogP contribution in [0.3, 0.4) is 0 Å². The molecule has 1 saturated heterocycles. The van der Waals surface area contributed by atoms with E-state index in [4.69, 9.17) is 10.5 Å². The van der Waals surface area contributed by atoms with E-state index in [9.17, 15) is 0 Å². The van der Waals surface area contributed by atoms with E-state index in [0.29, 0.717) is 40.8 Å². The van der Waals surface area contributed by atoms with Crippen molar-refractivity contribution in [1.82, 2.24) is 0 Å². The molecule has 2 N–H and O–H groups in total. The van der Waals surface area contributed by atoms with Crippen molar-refractivity contribution in [3.63, 3.8) is 0 Å². The lowest BCUT2D eigenvalue weighted by molar-refractivity contribution is -0.128. The van der Waals surface area contributed by atoms with Crippen molar-refractivity contribution in [1.29, 1.82) is 0 Å². The lowest BCUT2D eigenvalue weighted by Gasteiger charge is -2.70. The molecule has 6 rings (SSSR count). The van der Waals surface area contributed by atoms with E-state index in [1.807, 2.05) is 5.57 Å². The van der Waals surface area contributed by atoms with E-state index < -0.39 is 0 Å². The van der Waals surface area contributed by atoms with Gasteiger partial charge in [-0.25, -0.2) is 0 Å². The quantitative estimate of drug-likeness (QED) is 0.264. The summed E-state index contributed by atoms with van der Waals surface area (Å²) in [6.07, 6.45) is 21.0. The molecule has 6 aliphatic rings. The number of rotatable bonds is 9. The predicted molar refractivity (Wildman–Crippen MR) is 186 cm³/mol. The Morgan fingerprint density at radius 2 is 1.74 bits per heavy atom. The maximum absolute atomic E-state index is 6.98. The van der Waals surface area contributed by atoms with Crippen molar-refractivity contribution in [2.75, 3.05) is 12.4 Å². The third-order valence-corrected chi connectivity index (χ3v) is 17.7. The van der Waals surface area contributed by atoms with Gasteiger partial charge in [0.25, 0.3) is 0 Å². The van der Waals surface area contributed by atoms with Crippen LogP contribution in [0.2, 0.25) is 0 Å². The van der Waals surface area contributed by atoms with E-state index in [1.165, 1.54) is 70.6 Å². The zero-order chi connectivity index (χ0) is 31.2. The van der Waals surface area contributed by atoms with Crippen molar-refractivity contribution in [3.8, 4) is 0 Å². The normalized spacial score (nSPS) is 46.3. The third kappa shape index (κ3) is 4.76. The largest absolute Gasteiger partial charge is 0.375 e. The Bertz CT molecular complexity index is 1130. The minimum absolute atomic E-state index is 0.229. The van der Waals surface area contributed by atoms with Crippen molar-refractivity contribution in [2.24, 2.45) is 62.9 Å². The monoisotopic (exact) mass is 609 g/mol. The minimum atomic E-state index is -0.272. The van der Waals surface area contributed by atoms with E-state index in [-0.39, 0.29) is 15.7 Å². The molecular weight excluding hydrogens is 543 g/mol. The number of fused-ring (bicyclic) bond motifs is 5. The minimum Gasteiger partial charge on any atom is -0.375 e. The molecule has 244 valence electrons. The van der Waals surface area contributed by atoms with Gasteiger partial charge in [0, 0.05) is 21.5 Å². The fraction of sp³-hybridized carbons (Fsp3) is 0.900. The molecule has 0 aromatic rings. The van der Waals surface area contributed by atoms with Crippen LogP contribution >= 0.6 is 11.8 Å². The molecule has 4 unspecified atom stereocenters. The zero-order valence-electron chi connectivity index (χ0n) is 29.8. The second kappa shape index (κ2) is 10.9. The van der Waals surface area contributed by atoms with Gasteiger partial charge < -0.3 is 10.5 Å². The molecule has 0 amide bonds. The van der Waals surface area contributed by atoms with Gasteiger partial charge >= 0.3 is 0 Å². The van der Waals surface area contributed by atoms with Crippen LogP contribution in [0.5, 0.6) is 0 Å². The first-order chi connectivity index (χ1) is 20.1. The summed E-state index contributed by atoms with van der Waals surface area (Å²) in [5, 5.41) is 0. The molecule has 10 atom stereocenters. The summed E-state index contributed by atoms with van der Waals surface area (Å²) in [6.45, 7) is 25.4. The Labute approximate surface area is 270 Å². The number of ether oxygens (including phenoxy) is 1. The fourth-order valence-electron chi connectivity index (χ4n) is 11.8. The summed E-state index contributed by atoms with van der Waals surface area (Å²) in [4.78, 5) is 0. The molecule has 2 bridgehead atoms. The van der Waals surface area contributed by atoms with Gasteiger partial charge in [0.1, 0.15) is 0 Å². The molecule has 43 heavy (non-hydrogen) atoms. The average molecular weight is 610 g/mol. The highest BCUT2D eigenvalue weighted by molar-refractivity contribution is 8.01. The molecule has 4 fully saturated rings. The van der Waals surface area contributed by atoms with Gasteiger partial charge in [-0.3, -0.25) is 0 Å². The van der Waals surface area contributed by atoms with Crippen LogP contribution in [0.4, 0.5) is 0 Å². The molecule has 2 nitrogen and oxygen atoms in total. The summed E-state index contributed by atoms with van der Waals surface area (Å²) < 4.78 is 7.25. The molecule has 0 aromatic carbocycles. The lowest BCUT2D eigenvalue weighted by Crippen LogP contribution is -2.65. The van der Waals surface area contributed by atoms with E-state index in [0.717, 1.165) is 29.4 Å². The topological polar surface area (TPSA) is 35.2 Å². The second-order valence-corrected chi connectivity index (χ2v) is 19.7. The average Bonchev–Trinajstić information content (AvgIpc) is 3.78. The SMILES string of the molecule is CC[C@]12SCC(OC[C@](C)(N)C(C)C)[C@@](C)(CC3CC3)C1CCC1C2=CC[C@]23C[C@]([C@H](C)C(C)C)(CC=C2C)CCC13C. The van der Waals surface area contributed by atoms with Gasteiger partial charge in [0.2, 0.25) is 0 Å². The Hall–Kier alpha value is -0.250. The summed E-state index contributed by atoms with van der Waals surface area (Å²) >= 11 is 2.32. The van der Waals surface area contributed by atoms with Crippen molar-refractivity contribution < 1.29 is 4.74 Å². The molecule has 3 heteroatoms. The van der Waals surface area contributed by atoms with Crippen LogP contribution in [-0.4, -0.2) is 28.7 Å². The molecule has 1 spiro atoms. The lowest BCUT2D eigenvalue weighted by atomic mass is 9.36. The maximum Gasteiger partial charge on any atom is 0.0723 e. The number of nitrogens with two attached hydrogens (primary N) is 1. The van der Waals surface area contributed by atoms with Crippen LogP contribution in [-0.2, 0) is 4.74 Å². The van der Waals surface area contributed by atoms with Gasteiger partial charge in [-0.05, 0) is 123 Å². The Morgan fingerprint density at radius 3 is 2.37 bits per heavy atom. The van der Waals surface area contributed by atoms with Crippen molar-refractivity contribution in [3.05, 3.63) is 23.3 Å². The van der Waals surface area contributed by atoms with Gasteiger partial charge in [-0.2, -0.15) is 0 Å². The summed E-state index contributed by atoms with van der Waals surface area (Å²) in [7, 11) is 0. The molecule has 0 radical (unpaired) electrons. The first-order valence-electron chi connectivity index (χ1n) is 18.5. The van der Waals surface area contributed by atoms with Crippen molar-refractivity contribution in [2.45, 2.75) is 156 Å². The molecular formula is C40H67NOS. The van der Waals surface area contributed by atoms with E-state index in [2.05, 4.69) is 93.2 Å². The Kier molecular flexibility index (Phi) is 8.28. The standard InChI is InChI=1S/C40H67NOS/c1-11-40-32-17-19-39-24-38(18-16-28(39)6,29(7)26(2)3)21-20-36(39,9)31(32)14-15-33(40)35(8,22-30-12-13-30)34(23-43-40)42-25-37(10,41)27(4)5/h16-17,26-27,29-31,33-34H,11-15,18-25,41H2,1-10H3/t29-,31?,33?,34?,35+,36?,37+,38+,39+,40-/m1/s1. The third-order valence-electron chi connectivity index (χ3n) is 15.9. The highest BCUT2D eigenvalue weighted by Crippen LogP contribution is 2.76. The summed E-state index contributed by atoms with van der Waals surface area (Å²) in [6, 6.07) is 0. The van der Waals surface area contributed by atoms with Gasteiger partial charge in [-0.1, -0.05) is 91.5 Å². The predicted octanol–water partition coefficient (Wildman–Crippen LogP) is 10.6.